The molecule has 1 heterocycles. The van der Waals surface area contributed by atoms with Gasteiger partial charge in [-0.25, -0.2) is 0 Å². The second-order valence-electron chi connectivity index (χ2n) is 4.88. The van der Waals surface area contributed by atoms with E-state index in [-0.39, 0.29) is 6.04 Å². The van der Waals surface area contributed by atoms with Crippen LogP contribution in [0.2, 0.25) is 5.02 Å². The summed E-state index contributed by atoms with van der Waals surface area (Å²) in [4.78, 5) is 6.45. The second-order valence-corrected chi connectivity index (χ2v) is 5.31. The van der Waals surface area contributed by atoms with Gasteiger partial charge in [-0.3, -0.25) is 4.98 Å². The average Bonchev–Trinajstić information content (AvgIpc) is 2.47. The lowest BCUT2D eigenvalue weighted by Crippen LogP contribution is -2.23. The average molecular weight is 290 g/mol. The summed E-state index contributed by atoms with van der Waals surface area (Å²) in [6, 6.07) is 10.3. The molecule has 1 aromatic heterocycles. The van der Waals surface area contributed by atoms with Crippen molar-refractivity contribution in [2.45, 2.75) is 19.5 Å². The van der Waals surface area contributed by atoms with E-state index < -0.39 is 0 Å². The largest absolute Gasteiger partial charge is 0.367 e. The molecule has 0 radical (unpaired) electrons. The Bertz CT molecular complexity index is 571. The van der Waals surface area contributed by atoms with E-state index in [1.54, 1.807) is 0 Å². The molecule has 1 atom stereocenters. The lowest BCUT2D eigenvalue weighted by Gasteiger charge is -2.29. The van der Waals surface area contributed by atoms with Crippen LogP contribution in [0.1, 0.15) is 24.1 Å². The van der Waals surface area contributed by atoms with E-state index in [0.717, 1.165) is 11.6 Å². The number of rotatable bonds is 5. The molecule has 0 amide bonds. The summed E-state index contributed by atoms with van der Waals surface area (Å²) < 4.78 is 0. The van der Waals surface area contributed by atoms with Crippen LogP contribution in [0.5, 0.6) is 0 Å². The first kappa shape index (κ1) is 14.8. The first-order valence-electron chi connectivity index (χ1n) is 6.69. The minimum Gasteiger partial charge on any atom is -0.367 e. The molecule has 0 saturated heterocycles. The molecule has 1 aromatic carbocycles. The molecule has 0 aliphatic heterocycles. The fourth-order valence-corrected chi connectivity index (χ4v) is 2.49. The predicted octanol–water partition coefficient (Wildman–Crippen LogP) is 3.65. The van der Waals surface area contributed by atoms with Gasteiger partial charge in [0, 0.05) is 42.3 Å². The van der Waals surface area contributed by atoms with Gasteiger partial charge in [0.2, 0.25) is 0 Å². The van der Waals surface area contributed by atoms with Crippen LogP contribution in [-0.4, -0.2) is 19.1 Å². The molecule has 2 aromatic rings. The Labute approximate surface area is 125 Å². The number of hydrogen-bond donors (Lipinski definition) is 1. The van der Waals surface area contributed by atoms with Gasteiger partial charge in [0.25, 0.3) is 0 Å². The highest BCUT2D eigenvalue weighted by molar-refractivity contribution is 6.30. The van der Waals surface area contributed by atoms with Crippen molar-refractivity contribution in [2.75, 3.05) is 19.0 Å². The van der Waals surface area contributed by atoms with E-state index in [1.165, 1.54) is 16.8 Å². The number of nitrogens with zero attached hydrogens (tertiary/aromatic N) is 2. The zero-order valence-corrected chi connectivity index (χ0v) is 12.9. The summed E-state index contributed by atoms with van der Waals surface area (Å²) in [7, 11) is 4.04. The van der Waals surface area contributed by atoms with Crippen molar-refractivity contribution in [2.24, 2.45) is 0 Å². The topological polar surface area (TPSA) is 28.2 Å². The van der Waals surface area contributed by atoms with Crippen molar-refractivity contribution in [3.63, 3.8) is 0 Å². The predicted molar refractivity (Wildman–Crippen MR) is 85.3 cm³/mol. The molecule has 0 fully saturated rings. The quantitative estimate of drug-likeness (QED) is 0.911. The maximum absolute atomic E-state index is 6.08. The SMILES string of the molecule is CNCc1cnccc1N(C)C(C)c1cccc(Cl)c1. The van der Waals surface area contributed by atoms with Crippen LogP contribution in [0.3, 0.4) is 0 Å². The van der Waals surface area contributed by atoms with E-state index in [4.69, 9.17) is 11.6 Å². The van der Waals surface area contributed by atoms with Gasteiger partial charge in [-0.15, -0.1) is 0 Å². The van der Waals surface area contributed by atoms with E-state index in [9.17, 15) is 0 Å². The normalized spacial score (nSPS) is 12.2. The molecule has 1 N–H and O–H groups in total. The molecule has 20 heavy (non-hydrogen) atoms. The third-order valence-corrected chi connectivity index (χ3v) is 3.77. The summed E-state index contributed by atoms with van der Waals surface area (Å²) in [6.45, 7) is 2.98. The number of nitrogens with one attached hydrogen (secondary N) is 1. The number of halogens is 1. The van der Waals surface area contributed by atoms with E-state index >= 15 is 0 Å². The maximum atomic E-state index is 6.08. The van der Waals surface area contributed by atoms with Crippen molar-refractivity contribution in [3.8, 4) is 0 Å². The Morgan fingerprint density at radius 2 is 2.15 bits per heavy atom. The zero-order chi connectivity index (χ0) is 14.5. The number of benzene rings is 1. The van der Waals surface area contributed by atoms with E-state index in [0.29, 0.717) is 0 Å². The van der Waals surface area contributed by atoms with Gasteiger partial charge in [0.05, 0.1) is 6.04 Å². The number of hydrogen-bond acceptors (Lipinski definition) is 3. The third-order valence-electron chi connectivity index (χ3n) is 3.54. The molecule has 0 aliphatic carbocycles. The smallest absolute Gasteiger partial charge is 0.0511 e. The zero-order valence-electron chi connectivity index (χ0n) is 12.1. The van der Waals surface area contributed by atoms with Crippen LogP contribution in [0, 0.1) is 0 Å². The molecule has 3 nitrogen and oxygen atoms in total. The highest BCUT2D eigenvalue weighted by Crippen LogP contribution is 2.28. The molecular weight excluding hydrogens is 270 g/mol. The van der Waals surface area contributed by atoms with Gasteiger partial charge in [0.1, 0.15) is 0 Å². The van der Waals surface area contributed by atoms with E-state index in [2.05, 4.69) is 35.2 Å². The van der Waals surface area contributed by atoms with Crippen LogP contribution in [0.4, 0.5) is 5.69 Å². The van der Waals surface area contributed by atoms with Crippen LogP contribution in [-0.2, 0) is 6.54 Å². The van der Waals surface area contributed by atoms with Gasteiger partial charge in [0.15, 0.2) is 0 Å². The van der Waals surface area contributed by atoms with Gasteiger partial charge >= 0.3 is 0 Å². The summed E-state index contributed by atoms with van der Waals surface area (Å²) in [5.41, 5.74) is 3.57. The Morgan fingerprint density at radius 1 is 1.35 bits per heavy atom. The Kier molecular flexibility index (Phi) is 4.99. The van der Waals surface area contributed by atoms with Crippen molar-refractivity contribution in [3.05, 3.63) is 58.9 Å². The van der Waals surface area contributed by atoms with Crippen LogP contribution >= 0.6 is 11.6 Å². The van der Waals surface area contributed by atoms with Crippen molar-refractivity contribution >= 4 is 17.3 Å². The van der Waals surface area contributed by atoms with Crippen molar-refractivity contribution < 1.29 is 0 Å². The van der Waals surface area contributed by atoms with Gasteiger partial charge in [-0.05, 0) is 37.7 Å². The Morgan fingerprint density at radius 3 is 2.85 bits per heavy atom. The van der Waals surface area contributed by atoms with Gasteiger partial charge < -0.3 is 10.2 Å². The fourth-order valence-electron chi connectivity index (χ4n) is 2.29. The molecular formula is C16H20ClN3. The first-order chi connectivity index (χ1) is 9.63. The lowest BCUT2D eigenvalue weighted by atomic mass is 10.1. The molecule has 1 unspecified atom stereocenters. The third kappa shape index (κ3) is 3.30. The molecule has 4 heteroatoms. The number of anilines is 1. The molecule has 0 bridgehead atoms. The van der Waals surface area contributed by atoms with Gasteiger partial charge in [-0.1, -0.05) is 23.7 Å². The summed E-state index contributed by atoms with van der Waals surface area (Å²) in [5.74, 6) is 0. The minimum absolute atomic E-state index is 0.242. The van der Waals surface area contributed by atoms with Crippen LogP contribution in [0.25, 0.3) is 0 Å². The standard InChI is InChI=1S/C16H20ClN3/c1-12(13-5-4-6-15(17)9-13)20(3)16-7-8-19-11-14(16)10-18-2/h4-9,11-12,18H,10H2,1-3H3. The van der Waals surface area contributed by atoms with Crippen LogP contribution in [0.15, 0.2) is 42.7 Å². The summed E-state index contributed by atoms with van der Waals surface area (Å²) >= 11 is 6.08. The second kappa shape index (κ2) is 6.73. The monoisotopic (exact) mass is 289 g/mol. The van der Waals surface area contributed by atoms with Gasteiger partial charge in [-0.2, -0.15) is 0 Å². The van der Waals surface area contributed by atoms with E-state index in [1.807, 2.05) is 43.7 Å². The highest BCUT2D eigenvalue weighted by Gasteiger charge is 2.15. The summed E-state index contributed by atoms with van der Waals surface area (Å²) in [6.07, 6.45) is 3.74. The highest BCUT2D eigenvalue weighted by atomic mass is 35.5. The van der Waals surface area contributed by atoms with Crippen molar-refractivity contribution in [1.29, 1.82) is 0 Å². The fraction of sp³-hybridized carbons (Fsp3) is 0.312. The lowest BCUT2D eigenvalue weighted by molar-refractivity contribution is 0.725. The molecule has 0 saturated carbocycles. The Balaban J connectivity index is 2.28. The maximum Gasteiger partial charge on any atom is 0.0511 e. The number of pyridine rings is 1. The number of aromatic nitrogens is 1. The molecule has 106 valence electrons. The van der Waals surface area contributed by atoms with Crippen molar-refractivity contribution in [1.82, 2.24) is 10.3 Å². The minimum atomic E-state index is 0.242. The Hall–Kier alpha value is -1.58. The summed E-state index contributed by atoms with van der Waals surface area (Å²) in [5, 5.41) is 3.95. The molecule has 0 aliphatic rings. The molecule has 0 spiro atoms. The molecule has 2 rings (SSSR count). The first-order valence-corrected chi connectivity index (χ1v) is 7.07. The van der Waals surface area contributed by atoms with Crippen LogP contribution < -0.4 is 10.2 Å².